The topological polar surface area (TPSA) is 48.7 Å². The van der Waals surface area contributed by atoms with E-state index in [1.54, 1.807) is 12.4 Å². The van der Waals surface area contributed by atoms with Crippen LogP contribution in [0.25, 0.3) is 0 Å². The molecule has 1 aromatic heterocycles. The Morgan fingerprint density at radius 2 is 1.82 bits per heavy atom. The van der Waals surface area contributed by atoms with Gasteiger partial charge in [-0.2, -0.15) is 5.26 Å². The zero-order valence-corrected chi connectivity index (χ0v) is 9.38. The first kappa shape index (κ1) is 11.2. The van der Waals surface area contributed by atoms with Crippen molar-refractivity contribution < 1.29 is 0 Å². The van der Waals surface area contributed by atoms with Crippen LogP contribution in [0.4, 0.5) is 5.69 Å². The Bertz CT molecular complexity index is 488. The number of hydrogen-bond acceptors (Lipinski definition) is 3. The first-order valence-corrected chi connectivity index (χ1v) is 5.48. The second-order valence-electron chi connectivity index (χ2n) is 3.71. The third-order valence-electron chi connectivity index (χ3n) is 2.52. The van der Waals surface area contributed by atoms with E-state index in [2.05, 4.69) is 16.4 Å². The molecule has 1 N–H and O–H groups in total. The van der Waals surface area contributed by atoms with Crippen LogP contribution in [-0.2, 0) is 0 Å². The van der Waals surface area contributed by atoms with Crippen LogP contribution in [0, 0.1) is 11.3 Å². The monoisotopic (exact) mass is 223 g/mol. The highest BCUT2D eigenvalue weighted by Crippen LogP contribution is 2.21. The molecule has 0 fully saturated rings. The predicted molar refractivity (Wildman–Crippen MR) is 67.3 cm³/mol. The number of nitrogens with one attached hydrogen (secondary N) is 1. The number of rotatable bonds is 4. The fraction of sp³-hybridized carbons (Fsp3) is 0.143. The summed E-state index contributed by atoms with van der Waals surface area (Å²) < 4.78 is 0. The highest BCUT2D eigenvalue weighted by Gasteiger charge is 2.10. The van der Waals surface area contributed by atoms with Gasteiger partial charge in [-0.15, -0.1) is 0 Å². The Labute approximate surface area is 101 Å². The van der Waals surface area contributed by atoms with E-state index in [0.29, 0.717) is 6.42 Å². The molecule has 3 nitrogen and oxygen atoms in total. The van der Waals surface area contributed by atoms with Gasteiger partial charge in [0.25, 0.3) is 0 Å². The molecular formula is C14H13N3. The van der Waals surface area contributed by atoms with E-state index in [1.807, 2.05) is 42.5 Å². The summed E-state index contributed by atoms with van der Waals surface area (Å²) in [6.07, 6.45) is 3.91. The lowest BCUT2D eigenvalue weighted by atomic mass is 10.1. The highest BCUT2D eigenvalue weighted by molar-refractivity contribution is 5.45. The maximum absolute atomic E-state index is 8.87. The lowest BCUT2D eigenvalue weighted by molar-refractivity contribution is 0.804. The highest BCUT2D eigenvalue weighted by atomic mass is 14.9. The smallest absolute Gasteiger partial charge is 0.0647 e. The molecule has 2 rings (SSSR count). The maximum Gasteiger partial charge on any atom is 0.0647 e. The third kappa shape index (κ3) is 3.05. The molecular weight excluding hydrogens is 210 g/mol. The number of anilines is 1. The van der Waals surface area contributed by atoms with Crippen molar-refractivity contribution in [1.82, 2.24) is 4.98 Å². The van der Waals surface area contributed by atoms with Crippen molar-refractivity contribution in [2.75, 3.05) is 5.32 Å². The maximum atomic E-state index is 8.87. The van der Waals surface area contributed by atoms with Crippen LogP contribution in [0.1, 0.15) is 18.0 Å². The fourth-order valence-electron chi connectivity index (χ4n) is 1.67. The Morgan fingerprint density at radius 3 is 2.47 bits per heavy atom. The van der Waals surface area contributed by atoms with Gasteiger partial charge in [-0.25, -0.2) is 0 Å². The van der Waals surface area contributed by atoms with Crippen molar-refractivity contribution >= 4 is 5.69 Å². The van der Waals surface area contributed by atoms with E-state index in [9.17, 15) is 0 Å². The molecule has 0 saturated carbocycles. The molecule has 0 spiro atoms. The summed E-state index contributed by atoms with van der Waals surface area (Å²) in [5.41, 5.74) is 2.09. The van der Waals surface area contributed by atoms with E-state index in [1.165, 1.54) is 0 Å². The minimum atomic E-state index is 0.00500. The molecule has 0 saturated heterocycles. The van der Waals surface area contributed by atoms with Crippen LogP contribution in [0.5, 0.6) is 0 Å². The molecule has 0 aliphatic rings. The zero-order chi connectivity index (χ0) is 11.9. The number of benzene rings is 1. The zero-order valence-electron chi connectivity index (χ0n) is 9.38. The summed E-state index contributed by atoms with van der Waals surface area (Å²) in [6, 6.07) is 16.0. The van der Waals surface area contributed by atoms with Gasteiger partial charge in [-0.1, -0.05) is 18.2 Å². The van der Waals surface area contributed by atoms with Gasteiger partial charge < -0.3 is 5.32 Å². The largest absolute Gasteiger partial charge is 0.377 e. The van der Waals surface area contributed by atoms with E-state index < -0.39 is 0 Å². The molecule has 1 atom stereocenters. The van der Waals surface area contributed by atoms with Gasteiger partial charge in [0, 0.05) is 18.1 Å². The number of nitrogens with zero attached hydrogens (tertiary/aromatic N) is 2. The summed E-state index contributed by atoms with van der Waals surface area (Å²) in [5.74, 6) is 0. The van der Waals surface area contributed by atoms with Gasteiger partial charge in [0.15, 0.2) is 0 Å². The normalized spacial score (nSPS) is 11.5. The Hall–Kier alpha value is -2.34. The molecule has 2 aromatic rings. The molecule has 0 radical (unpaired) electrons. The molecule has 0 aliphatic heterocycles. The van der Waals surface area contributed by atoms with Gasteiger partial charge in [0.2, 0.25) is 0 Å². The molecule has 1 heterocycles. The van der Waals surface area contributed by atoms with Crippen molar-refractivity contribution in [3.05, 3.63) is 60.4 Å². The van der Waals surface area contributed by atoms with Gasteiger partial charge >= 0.3 is 0 Å². The van der Waals surface area contributed by atoms with Crippen molar-refractivity contribution in [2.24, 2.45) is 0 Å². The second kappa shape index (κ2) is 5.66. The summed E-state index contributed by atoms with van der Waals surface area (Å²) in [6.45, 7) is 0. The lowest BCUT2D eigenvalue weighted by Gasteiger charge is -2.17. The summed E-state index contributed by atoms with van der Waals surface area (Å²) >= 11 is 0. The molecule has 17 heavy (non-hydrogen) atoms. The van der Waals surface area contributed by atoms with Crippen LogP contribution < -0.4 is 5.32 Å². The number of pyridine rings is 1. The molecule has 84 valence electrons. The minimum Gasteiger partial charge on any atom is -0.377 e. The molecule has 1 aromatic carbocycles. The second-order valence-corrected chi connectivity index (χ2v) is 3.71. The standard InChI is InChI=1S/C14H13N3/c15-9-6-14(12-7-10-16-11-8-12)17-13-4-2-1-3-5-13/h1-5,7-8,10-11,14,17H,6H2/t14-/m0/s1. The van der Waals surface area contributed by atoms with Crippen molar-refractivity contribution in [1.29, 1.82) is 5.26 Å². The van der Waals surface area contributed by atoms with Crippen molar-refractivity contribution in [3.8, 4) is 6.07 Å². The first-order valence-electron chi connectivity index (χ1n) is 5.48. The van der Waals surface area contributed by atoms with Crippen LogP contribution in [0.2, 0.25) is 0 Å². The van der Waals surface area contributed by atoms with E-state index in [-0.39, 0.29) is 6.04 Å². The average molecular weight is 223 g/mol. The lowest BCUT2D eigenvalue weighted by Crippen LogP contribution is -2.10. The predicted octanol–water partition coefficient (Wildman–Crippen LogP) is 3.15. The van der Waals surface area contributed by atoms with Crippen LogP contribution in [0.3, 0.4) is 0 Å². The van der Waals surface area contributed by atoms with Crippen molar-refractivity contribution in [2.45, 2.75) is 12.5 Å². The van der Waals surface area contributed by atoms with E-state index in [0.717, 1.165) is 11.3 Å². The Balaban J connectivity index is 2.17. The minimum absolute atomic E-state index is 0.00500. The SMILES string of the molecule is N#CC[C@H](Nc1ccccc1)c1ccncc1. The Morgan fingerprint density at radius 1 is 1.12 bits per heavy atom. The van der Waals surface area contributed by atoms with Gasteiger partial charge in [0.1, 0.15) is 0 Å². The van der Waals surface area contributed by atoms with Gasteiger partial charge in [-0.05, 0) is 29.8 Å². The van der Waals surface area contributed by atoms with E-state index >= 15 is 0 Å². The number of aromatic nitrogens is 1. The van der Waals surface area contributed by atoms with Crippen LogP contribution in [-0.4, -0.2) is 4.98 Å². The number of para-hydroxylation sites is 1. The quantitative estimate of drug-likeness (QED) is 0.866. The Kier molecular flexibility index (Phi) is 3.72. The van der Waals surface area contributed by atoms with Gasteiger partial charge in [-0.3, -0.25) is 4.98 Å². The third-order valence-corrected chi connectivity index (χ3v) is 2.52. The number of nitriles is 1. The number of hydrogen-bond donors (Lipinski definition) is 1. The summed E-state index contributed by atoms with van der Waals surface area (Å²) in [7, 11) is 0. The molecule has 0 aliphatic carbocycles. The van der Waals surface area contributed by atoms with Crippen molar-refractivity contribution in [3.63, 3.8) is 0 Å². The molecule has 0 bridgehead atoms. The molecule has 0 amide bonds. The average Bonchev–Trinajstić information content (AvgIpc) is 2.40. The summed E-state index contributed by atoms with van der Waals surface area (Å²) in [4.78, 5) is 3.98. The van der Waals surface area contributed by atoms with Crippen LogP contribution >= 0.6 is 0 Å². The van der Waals surface area contributed by atoms with Crippen LogP contribution in [0.15, 0.2) is 54.9 Å². The van der Waals surface area contributed by atoms with Gasteiger partial charge in [0.05, 0.1) is 18.5 Å². The van der Waals surface area contributed by atoms with E-state index in [4.69, 9.17) is 5.26 Å². The molecule has 0 unspecified atom stereocenters. The fourth-order valence-corrected chi connectivity index (χ4v) is 1.67. The summed E-state index contributed by atoms with van der Waals surface area (Å²) in [5, 5.41) is 12.2. The molecule has 3 heteroatoms. The first-order chi connectivity index (χ1) is 8.40.